The number of carboxylic acids is 1. The lowest BCUT2D eigenvalue weighted by Crippen LogP contribution is -2.58. The summed E-state index contributed by atoms with van der Waals surface area (Å²) >= 11 is 0. The van der Waals surface area contributed by atoms with E-state index >= 15 is 0 Å². The van der Waals surface area contributed by atoms with Gasteiger partial charge >= 0.3 is 5.97 Å². The Morgan fingerprint density at radius 3 is 1.38 bits per heavy atom. The van der Waals surface area contributed by atoms with E-state index in [0.29, 0.717) is 5.56 Å². The van der Waals surface area contributed by atoms with E-state index in [4.69, 9.17) is 5.73 Å². The number of amides is 3. The molecule has 7 rings (SSSR count). The predicted molar refractivity (Wildman–Crippen MR) is 209 cm³/mol. The number of nitrogens with one attached hydrogen (secondary N) is 6. The van der Waals surface area contributed by atoms with Crippen LogP contribution in [0, 0.1) is 0 Å². The van der Waals surface area contributed by atoms with Gasteiger partial charge in [-0.3, -0.25) is 14.4 Å². The zero-order chi connectivity index (χ0) is 38.5. The molecule has 0 aliphatic carbocycles. The number of aromatic hydroxyl groups is 1. The van der Waals surface area contributed by atoms with Crippen molar-refractivity contribution >= 4 is 56.4 Å². The lowest BCUT2D eigenvalue weighted by atomic mass is 10.00. The van der Waals surface area contributed by atoms with Crippen LogP contribution in [0.15, 0.2) is 116 Å². The number of hydrogen-bond donors (Lipinski definition) is 9. The molecule has 0 bridgehead atoms. The van der Waals surface area contributed by atoms with Gasteiger partial charge in [0, 0.05) is 70.6 Å². The van der Waals surface area contributed by atoms with Crippen molar-refractivity contribution in [2.75, 3.05) is 0 Å². The number of rotatable bonds is 15. The molecule has 0 saturated carbocycles. The molecule has 4 atom stereocenters. The number of carboxylic acid groups (broad SMARTS) is 1. The monoisotopic (exact) mass is 739 g/mol. The quantitative estimate of drug-likeness (QED) is 0.0753. The smallest absolute Gasteiger partial charge is 0.326 e. The summed E-state index contributed by atoms with van der Waals surface area (Å²) in [5.41, 5.74) is 12.0. The highest BCUT2D eigenvalue weighted by Gasteiger charge is 2.32. The van der Waals surface area contributed by atoms with E-state index in [1.807, 2.05) is 79.0 Å². The molecule has 13 heteroatoms. The molecule has 0 aliphatic rings. The number of nitrogens with two attached hydrogens (primary N) is 1. The van der Waals surface area contributed by atoms with E-state index in [-0.39, 0.29) is 31.4 Å². The summed E-state index contributed by atoms with van der Waals surface area (Å²) in [5, 5.41) is 30.7. The molecular weight excluding hydrogens is 699 g/mol. The lowest BCUT2D eigenvalue weighted by molar-refractivity contribution is -0.142. The summed E-state index contributed by atoms with van der Waals surface area (Å²) in [6.07, 6.45) is 5.57. The first-order chi connectivity index (χ1) is 26.6. The highest BCUT2D eigenvalue weighted by Crippen LogP contribution is 2.22. The van der Waals surface area contributed by atoms with Crippen LogP contribution in [0.5, 0.6) is 5.75 Å². The number of para-hydroxylation sites is 3. The van der Waals surface area contributed by atoms with Crippen molar-refractivity contribution < 1.29 is 29.4 Å². The van der Waals surface area contributed by atoms with E-state index in [0.717, 1.165) is 49.4 Å². The fourth-order valence-electron chi connectivity index (χ4n) is 6.98. The van der Waals surface area contributed by atoms with Crippen molar-refractivity contribution in [1.29, 1.82) is 0 Å². The highest BCUT2D eigenvalue weighted by molar-refractivity contribution is 5.96. The van der Waals surface area contributed by atoms with E-state index in [9.17, 15) is 29.4 Å². The third kappa shape index (κ3) is 8.37. The minimum atomic E-state index is -1.34. The average molecular weight is 740 g/mol. The molecule has 0 fully saturated rings. The van der Waals surface area contributed by atoms with Crippen LogP contribution in [0.1, 0.15) is 22.3 Å². The minimum Gasteiger partial charge on any atom is -0.508 e. The SMILES string of the molecule is NC(Cc1c[nH]c2ccccc12)C(=O)NC(Cc1c[nH]c2ccccc12)C(=O)NC(Cc1c[nH]c2ccccc12)C(=O)NC(Cc1ccc(O)cc1)C(=O)O. The number of H-pyrrole nitrogens is 3. The van der Waals surface area contributed by atoms with E-state index in [1.165, 1.54) is 12.1 Å². The molecule has 3 heterocycles. The number of carbonyl (C=O) groups excluding carboxylic acids is 3. The van der Waals surface area contributed by atoms with Gasteiger partial charge in [-0.15, -0.1) is 0 Å². The van der Waals surface area contributed by atoms with Gasteiger partial charge in [-0.25, -0.2) is 4.79 Å². The van der Waals surface area contributed by atoms with Gasteiger partial charge in [-0.1, -0.05) is 66.7 Å². The second kappa shape index (κ2) is 16.0. The largest absolute Gasteiger partial charge is 0.508 e. The van der Waals surface area contributed by atoms with Crippen LogP contribution in [-0.2, 0) is 44.9 Å². The Balaban J connectivity index is 1.16. The second-order valence-electron chi connectivity index (χ2n) is 13.7. The Bertz CT molecular complexity index is 2480. The molecule has 0 spiro atoms. The van der Waals surface area contributed by atoms with Gasteiger partial charge in [-0.2, -0.15) is 0 Å². The number of aromatic amines is 3. The average Bonchev–Trinajstić information content (AvgIpc) is 3.92. The van der Waals surface area contributed by atoms with Crippen LogP contribution in [-0.4, -0.2) is 73.0 Å². The molecular formula is C42H41N7O6. The summed E-state index contributed by atoms with van der Waals surface area (Å²) in [4.78, 5) is 64.2. The Morgan fingerprint density at radius 1 is 0.527 bits per heavy atom. The fourth-order valence-corrected chi connectivity index (χ4v) is 6.98. The molecule has 0 saturated heterocycles. The van der Waals surface area contributed by atoms with Crippen LogP contribution in [0.3, 0.4) is 0 Å². The summed E-state index contributed by atoms with van der Waals surface area (Å²) in [6, 6.07) is 24.0. The van der Waals surface area contributed by atoms with Gasteiger partial charge in [-0.05, 0) is 59.0 Å². The van der Waals surface area contributed by atoms with Gasteiger partial charge in [0.25, 0.3) is 0 Å². The summed E-state index contributed by atoms with van der Waals surface area (Å²) in [5.74, 6) is -3.18. The van der Waals surface area contributed by atoms with E-state index < -0.39 is 47.9 Å². The van der Waals surface area contributed by atoms with Gasteiger partial charge in [0.05, 0.1) is 6.04 Å². The van der Waals surface area contributed by atoms with E-state index in [2.05, 4.69) is 30.9 Å². The van der Waals surface area contributed by atoms with Gasteiger partial charge in [0.1, 0.15) is 23.9 Å². The van der Waals surface area contributed by atoms with E-state index in [1.54, 1.807) is 24.5 Å². The maximum atomic E-state index is 14.4. The third-order valence-electron chi connectivity index (χ3n) is 9.91. The summed E-state index contributed by atoms with van der Waals surface area (Å²) in [7, 11) is 0. The standard InChI is InChI=1S/C42H41N7O6/c43-32(18-25-21-44-33-10-4-1-7-29(25)33)39(51)47-36(19-26-22-45-34-11-5-2-8-30(26)34)40(52)48-37(20-27-23-46-35-12-6-3-9-31(27)35)41(53)49-38(42(54)55)17-24-13-15-28(50)16-14-24/h1-16,21-23,32,36-38,44-46,50H,17-20,43H2,(H,47,51)(H,48,52)(H,49,53)(H,54,55). The zero-order valence-electron chi connectivity index (χ0n) is 29.7. The molecule has 3 aromatic heterocycles. The Kier molecular flexibility index (Phi) is 10.6. The number of phenols is 1. The van der Waals surface area contributed by atoms with Crippen LogP contribution in [0.4, 0.5) is 0 Å². The first-order valence-electron chi connectivity index (χ1n) is 18.0. The highest BCUT2D eigenvalue weighted by atomic mass is 16.4. The fraction of sp³-hybridized carbons (Fsp3) is 0.190. The van der Waals surface area contributed by atoms with Crippen molar-refractivity contribution in [3.8, 4) is 5.75 Å². The van der Waals surface area contributed by atoms with Gasteiger partial charge in [0.2, 0.25) is 17.7 Å². The number of phenolic OH excluding ortho intramolecular Hbond substituents is 1. The van der Waals surface area contributed by atoms with Crippen molar-refractivity contribution in [3.63, 3.8) is 0 Å². The van der Waals surface area contributed by atoms with Crippen LogP contribution >= 0.6 is 0 Å². The van der Waals surface area contributed by atoms with Gasteiger partial charge < -0.3 is 46.8 Å². The molecule has 10 N–H and O–H groups in total. The molecule has 4 unspecified atom stereocenters. The van der Waals surface area contributed by atoms with Gasteiger partial charge in [0.15, 0.2) is 0 Å². The Hall–Kier alpha value is -6.86. The lowest BCUT2D eigenvalue weighted by Gasteiger charge is -2.25. The van der Waals surface area contributed by atoms with Crippen molar-refractivity contribution in [2.24, 2.45) is 5.73 Å². The summed E-state index contributed by atoms with van der Waals surface area (Å²) in [6.45, 7) is 0. The first-order valence-corrected chi connectivity index (χ1v) is 18.0. The topological polar surface area (TPSA) is 218 Å². The van der Waals surface area contributed by atoms with Crippen LogP contribution < -0.4 is 21.7 Å². The number of aromatic nitrogens is 3. The molecule has 7 aromatic rings. The Morgan fingerprint density at radius 2 is 0.927 bits per heavy atom. The first kappa shape index (κ1) is 36.5. The predicted octanol–water partition coefficient (Wildman–Crippen LogP) is 3.97. The normalized spacial score (nSPS) is 13.6. The second-order valence-corrected chi connectivity index (χ2v) is 13.7. The molecule has 3 amide bonds. The summed E-state index contributed by atoms with van der Waals surface area (Å²) < 4.78 is 0. The number of carbonyl (C=O) groups is 4. The Labute approximate surface area is 315 Å². The maximum Gasteiger partial charge on any atom is 0.326 e. The number of fused-ring (bicyclic) bond motifs is 3. The zero-order valence-corrected chi connectivity index (χ0v) is 29.7. The number of aliphatic carboxylic acids is 1. The number of benzene rings is 4. The molecule has 280 valence electrons. The molecule has 0 radical (unpaired) electrons. The minimum absolute atomic E-state index is 0.0148. The van der Waals surface area contributed by atoms with Crippen LogP contribution in [0.25, 0.3) is 32.7 Å². The van der Waals surface area contributed by atoms with Crippen molar-refractivity contribution in [2.45, 2.75) is 49.9 Å². The van der Waals surface area contributed by atoms with Crippen LogP contribution in [0.2, 0.25) is 0 Å². The molecule has 13 nitrogen and oxygen atoms in total. The van der Waals surface area contributed by atoms with Crippen molar-refractivity contribution in [3.05, 3.63) is 138 Å². The third-order valence-corrected chi connectivity index (χ3v) is 9.91. The molecule has 55 heavy (non-hydrogen) atoms. The number of hydrogen-bond acceptors (Lipinski definition) is 6. The maximum absolute atomic E-state index is 14.4. The van der Waals surface area contributed by atoms with Crippen molar-refractivity contribution in [1.82, 2.24) is 30.9 Å². The molecule has 0 aliphatic heterocycles. The molecule has 4 aromatic carbocycles.